The fraction of sp³-hybridized carbons (Fsp3) is 0.611. The summed E-state index contributed by atoms with van der Waals surface area (Å²) in [6.45, 7) is 10.7. The minimum absolute atomic E-state index is 0.0270. The molecule has 0 bridgehead atoms. The predicted molar refractivity (Wildman–Crippen MR) is 96.5 cm³/mol. The molecule has 0 fully saturated rings. The van der Waals surface area contributed by atoms with E-state index in [2.05, 4.69) is 18.6 Å². The third kappa shape index (κ3) is 8.91. The first kappa shape index (κ1) is 20.5. The van der Waals surface area contributed by atoms with Gasteiger partial charge in [-0.1, -0.05) is 46.8 Å². The molecule has 0 aliphatic rings. The number of carbonyl (C=O) groups is 1. The lowest BCUT2D eigenvalue weighted by atomic mass is 9.94. The van der Waals surface area contributed by atoms with E-state index in [1.54, 1.807) is 24.3 Å². The molecule has 24 heavy (non-hydrogen) atoms. The number of amides is 1. The van der Waals surface area contributed by atoms with Crippen LogP contribution in [0.15, 0.2) is 24.3 Å². The number of sulfonamides is 1. The Morgan fingerprint density at radius 2 is 1.75 bits per heavy atom. The Morgan fingerprint density at radius 3 is 2.25 bits per heavy atom. The highest BCUT2D eigenvalue weighted by molar-refractivity contribution is 7.90. The smallest absolute Gasteiger partial charge is 0.237 e. The molecular weight excluding hydrogens is 326 g/mol. The maximum Gasteiger partial charge on any atom is 0.237 e. The van der Waals surface area contributed by atoms with Gasteiger partial charge < -0.3 is 4.74 Å². The zero-order valence-electron chi connectivity index (χ0n) is 15.3. The second kappa shape index (κ2) is 8.51. The van der Waals surface area contributed by atoms with E-state index in [0.29, 0.717) is 18.9 Å². The fourth-order valence-electron chi connectivity index (χ4n) is 1.85. The van der Waals surface area contributed by atoms with Crippen molar-refractivity contribution in [2.24, 2.45) is 11.3 Å². The molecule has 0 radical (unpaired) electrons. The highest BCUT2D eigenvalue weighted by Crippen LogP contribution is 2.19. The molecular formula is C18H29NO4S. The standard InChI is InChI=1S/C18H29NO4S/c1-14(2)13-23-16-8-6-15(7-9-16)12-17(20)19-24(21,22)11-10-18(3,4)5/h6-9,14H,10-13H2,1-5H3,(H,19,20). The van der Waals surface area contributed by atoms with Crippen molar-refractivity contribution in [3.63, 3.8) is 0 Å². The number of rotatable bonds is 8. The maximum atomic E-state index is 11.9. The zero-order chi connectivity index (χ0) is 18.4. The van der Waals surface area contributed by atoms with Crippen LogP contribution < -0.4 is 9.46 Å². The summed E-state index contributed by atoms with van der Waals surface area (Å²) in [4.78, 5) is 11.9. The highest BCUT2D eigenvalue weighted by atomic mass is 32.2. The van der Waals surface area contributed by atoms with Crippen LogP contribution in [0, 0.1) is 11.3 Å². The molecule has 136 valence electrons. The first-order valence-corrected chi connectivity index (χ1v) is 9.87. The molecule has 0 heterocycles. The van der Waals surface area contributed by atoms with Crippen LogP contribution >= 0.6 is 0 Å². The average Bonchev–Trinajstić information content (AvgIpc) is 2.43. The van der Waals surface area contributed by atoms with Crippen LogP contribution in [0.2, 0.25) is 0 Å². The van der Waals surface area contributed by atoms with Crippen LogP contribution in [0.1, 0.15) is 46.6 Å². The lowest BCUT2D eigenvalue weighted by Gasteiger charge is -2.17. The Hall–Kier alpha value is -1.56. The van der Waals surface area contributed by atoms with E-state index in [-0.39, 0.29) is 17.6 Å². The topological polar surface area (TPSA) is 72.5 Å². The van der Waals surface area contributed by atoms with Gasteiger partial charge in [0.15, 0.2) is 0 Å². The Balaban J connectivity index is 2.52. The van der Waals surface area contributed by atoms with Gasteiger partial charge in [0.2, 0.25) is 15.9 Å². The molecule has 1 aromatic carbocycles. The first-order chi connectivity index (χ1) is 11.0. The summed E-state index contributed by atoms with van der Waals surface area (Å²) < 4.78 is 31.6. The van der Waals surface area contributed by atoms with E-state index < -0.39 is 15.9 Å². The number of ether oxygens (including phenoxy) is 1. The number of hydrogen-bond donors (Lipinski definition) is 1. The summed E-state index contributed by atoms with van der Waals surface area (Å²) in [5, 5.41) is 0. The predicted octanol–water partition coefficient (Wildman–Crippen LogP) is 3.15. The molecule has 0 saturated heterocycles. The van der Waals surface area contributed by atoms with E-state index in [9.17, 15) is 13.2 Å². The quantitative estimate of drug-likeness (QED) is 0.777. The molecule has 0 spiro atoms. The second-order valence-corrected chi connectivity index (χ2v) is 9.52. The molecule has 0 aliphatic carbocycles. The van der Waals surface area contributed by atoms with Crippen molar-refractivity contribution in [1.82, 2.24) is 4.72 Å². The minimum Gasteiger partial charge on any atom is -0.493 e. The largest absolute Gasteiger partial charge is 0.493 e. The van der Waals surface area contributed by atoms with Crippen LogP contribution in [0.25, 0.3) is 0 Å². The van der Waals surface area contributed by atoms with Gasteiger partial charge in [0.05, 0.1) is 18.8 Å². The summed E-state index contributed by atoms with van der Waals surface area (Å²) >= 11 is 0. The molecule has 0 unspecified atom stereocenters. The van der Waals surface area contributed by atoms with Gasteiger partial charge in [-0.15, -0.1) is 0 Å². The van der Waals surface area contributed by atoms with Gasteiger partial charge in [0, 0.05) is 0 Å². The van der Waals surface area contributed by atoms with Gasteiger partial charge >= 0.3 is 0 Å². The van der Waals surface area contributed by atoms with Crippen molar-refractivity contribution >= 4 is 15.9 Å². The molecule has 1 aromatic rings. The Labute approximate surface area is 145 Å². The molecule has 0 aliphatic heterocycles. The van der Waals surface area contributed by atoms with Crippen molar-refractivity contribution in [3.8, 4) is 5.75 Å². The lowest BCUT2D eigenvalue weighted by molar-refractivity contribution is -0.118. The second-order valence-electron chi connectivity index (χ2n) is 7.68. The first-order valence-electron chi connectivity index (χ1n) is 8.22. The monoisotopic (exact) mass is 355 g/mol. The van der Waals surface area contributed by atoms with E-state index in [1.807, 2.05) is 20.8 Å². The van der Waals surface area contributed by atoms with Gasteiger partial charge in [-0.05, 0) is 35.4 Å². The summed E-state index contributed by atoms with van der Waals surface area (Å²) in [6, 6.07) is 7.13. The Morgan fingerprint density at radius 1 is 1.17 bits per heavy atom. The van der Waals surface area contributed by atoms with Gasteiger partial charge in [-0.2, -0.15) is 0 Å². The lowest BCUT2D eigenvalue weighted by Crippen LogP contribution is -2.34. The minimum atomic E-state index is -3.58. The van der Waals surface area contributed by atoms with Gasteiger partial charge in [-0.25, -0.2) is 8.42 Å². The van der Waals surface area contributed by atoms with Crippen LogP contribution in [0.5, 0.6) is 5.75 Å². The van der Waals surface area contributed by atoms with Crippen LogP contribution in [0.4, 0.5) is 0 Å². The number of nitrogens with one attached hydrogen (secondary N) is 1. The van der Waals surface area contributed by atoms with E-state index in [1.165, 1.54) is 0 Å². The fourth-order valence-corrected chi connectivity index (χ4v) is 3.26. The van der Waals surface area contributed by atoms with Crippen molar-refractivity contribution < 1.29 is 17.9 Å². The van der Waals surface area contributed by atoms with Crippen LogP contribution in [-0.4, -0.2) is 26.7 Å². The van der Waals surface area contributed by atoms with E-state index >= 15 is 0 Å². The number of hydrogen-bond acceptors (Lipinski definition) is 4. The molecule has 5 nitrogen and oxygen atoms in total. The maximum absolute atomic E-state index is 11.9. The van der Waals surface area contributed by atoms with Crippen LogP contribution in [-0.2, 0) is 21.2 Å². The van der Waals surface area contributed by atoms with Gasteiger partial charge in [0.1, 0.15) is 5.75 Å². The molecule has 1 rings (SSSR count). The average molecular weight is 356 g/mol. The molecule has 0 saturated carbocycles. The summed E-state index contributed by atoms with van der Waals surface area (Å²) in [5.74, 6) is 0.615. The van der Waals surface area contributed by atoms with E-state index in [0.717, 1.165) is 11.3 Å². The van der Waals surface area contributed by atoms with Crippen molar-refractivity contribution in [2.75, 3.05) is 12.4 Å². The third-order valence-electron chi connectivity index (χ3n) is 3.26. The highest BCUT2D eigenvalue weighted by Gasteiger charge is 2.19. The molecule has 6 heteroatoms. The van der Waals surface area contributed by atoms with Crippen LogP contribution in [0.3, 0.4) is 0 Å². The number of carbonyl (C=O) groups excluding carboxylic acids is 1. The number of benzene rings is 1. The summed E-state index contributed by atoms with van der Waals surface area (Å²) in [7, 11) is -3.58. The van der Waals surface area contributed by atoms with Gasteiger partial charge in [-0.3, -0.25) is 9.52 Å². The molecule has 1 N–H and O–H groups in total. The molecule has 1 amide bonds. The summed E-state index contributed by atoms with van der Waals surface area (Å²) in [5.41, 5.74) is 0.652. The molecule has 0 atom stereocenters. The third-order valence-corrected chi connectivity index (χ3v) is 4.54. The van der Waals surface area contributed by atoms with Crippen molar-refractivity contribution in [3.05, 3.63) is 29.8 Å². The van der Waals surface area contributed by atoms with E-state index in [4.69, 9.17) is 4.74 Å². The molecule has 0 aromatic heterocycles. The van der Waals surface area contributed by atoms with Crippen molar-refractivity contribution in [1.29, 1.82) is 0 Å². The normalized spacial score (nSPS) is 12.2. The van der Waals surface area contributed by atoms with Crippen molar-refractivity contribution in [2.45, 2.75) is 47.5 Å². The van der Waals surface area contributed by atoms with Gasteiger partial charge in [0.25, 0.3) is 0 Å². The summed E-state index contributed by atoms with van der Waals surface area (Å²) in [6.07, 6.45) is 0.525. The Kier molecular flexibility index (Phi) is 7.27. The SMILES string of the molecule is CC(C)COc1ccc(CC(=O)NS(=O)(=O)CCC(C)(C)C)cc1. The zero-order valence-corrected chi connectivity index (χ0v) is 16.1. The Bertz CT molecular complexity index is 628.